The number of furan rings is 1. The number of hydrogen-bond acceptors (Lipinski definition) is 3. The molecule has 22 heavy (non-hydrogen) atoms. The molecule has 1 saturated heterocycles. The van der Waals surface area contributed by atoms with Gasteiger partial charge in [0.1, 0.15) is 11.8 Å². The molecule has 1 N–H and O–H groups in total. The molecule has 2 aromatic rings. The molecule has 118 valence electrons. The summed E-state index contributed by atoms with van der Waals surface area (Å²) in [6.45, 7) is 4.98. The maximum Gasteiger partial charge on any atom is 0.258 e. The van der Waals surface area contributed by atoms with Gasteiger partial charge < -0.3 is 14.4 Å². The van der Waals surface area contributed by atoms with E-state index in [2.05, 4.69) is 13.8 Å². The molecule has 1 aliphatic rings. The molecule has 0 radical (unpaired) electrons. The number of hydrogen-bond donors (Lipinski definition) is 1. The van der Waals surface area contributed by atoms with Gasteiger partial charge in [0.05, 0.1) is 17.7 Å². The van der Waals surface area contributed by atoms with E-state index in [1.807, 2.05) is 29.2 Å². The molecule has 1 aromatic heterocycles. The van der Waals surface area contributed by atoms with Gasteiger partial charge in [-0.3, -0.25) is 4.79 Å². The minimum atomic E-state index is -0.427. The maximum absolute atomic E-state index is 13.0. The summed E-state index contributed by atoms with van der Waals surface area (Å²) in [6.07, 6.45) is 4.17. The fraction of sp³-hybridized carbons (Fsp3) is 0.500. The number of aliphatic hydroxyl groups is 1. The highest BCUT2D eigenvalue weighted by atomic mass is 16.3. The molecule has 0 spiro atoms. The number of carbonyl (C=O) groups excluding carboxylic acids is 1. The van der Waals surface area contributed by atoms with Crippen LogP contribution < -0.4 is 0 Å². The summed E-state index contributed by atoms with van der Waals surface area (Å²) in [5.74, 6) is 0.402. The van der Waals surface area contributed by atoms with E-state index in [1.165, 1.54) is 0 Å². The number of benzene rings is 1. The number of carbonyl (C=O) groups is 1. The van der Waals surface area contributed by atoms with Crippen LogP contribution in [0.3, 0.4) is 0 Å². The van der Waals surface area contributed by atoms with Crippen molar-refractivity contribution in [2.75, 3.05) is 13.2 Å². The van der Waals surface area contributed by atoms with Crippen molar-refractivity contribution in [3.63, 3.8) is 0 Å². The zero-order valence-corrected chi connectivity index (χ0v) is 13.2. The second-order valence-electron chi connectivity index (χ2n) is 6.69. The van der Waals surface area contributed by atoms with Gasteiger partial charge in [0.2, 0.25) is 0 Å². The predicted molar refractivity (Wildman–Crippen MR) is 85.8 cm³/mol. The van der Waals surface area contributed by atoms with Crippen molar-refractivity contribution < 1.29 is 14.3 Å². The lowest BCUT2D eigenvalue weighted by atomic mass is 9.86. The number of amides is 1. The smallest absolute Gasteiger partial charge is 0.258 e. The van der Waals surface area contributed by atoms with Crippen LogP contribution in [0.5, 0.6) is 0 Å². The summed E-state index contributed by atoms with van der Waals surface area (Å²) in [5.41, 5.74) is 0.895. The highest BCUT2D eigenvalue weighted by Crippen LogP contribution is 2.37. The van der Waals surface area contributed by atoms with Gasteiger partial charge in [-0.25, -0.2) is 0 Å². The first-order chi connectivity index (χ1) is 10.6. The van der Waals surface area contributed by atoms with Crippen molar-refractivity contribution in [1.29, 1.82) is 0 Å². The van der Waals surface area contributed by atoms with Gasteiger partial charge in [-0.15, -0.1) is 0 Å². The SMILES string of the molecule is CC(C)C[C@]1(CO)CCCN1C(=O)c1coc2ccccc12. The molecule has 2 heterocycles. The standard InChI is InChI=1S/C18H23NO3/c1-13(2)10-18(12-20)8-5-9-19(18)17(21)15-11-22-16-7-4-3-6-14(15)16/h3-4,6-7,11,13,20H,5,8-10,12H2,1-2H3/t18-/m0/s1. The molecular weight excluding hydrogens is 278 g/mol. The van der Waals surface area contributed by atoms with E-state index in [4.69, 9.17) is 4.42 Å². The molecule has 1 fully saturated rings. The third kappa shape index (κ3) is 2.41. The van der Waals surface area contributed by atoms with Gasteiger partial charge in [-0.05, 0) is 31.2 Å². The Bertz CT molecular complexity index is 676. The monoisotopic (exact) mass is 301 g/mol. The first-order valence-electron chi connectivity index (χ1n) is 7.96. The van der Waals surface area contributed by atoms with Gasteiger partial charge in [0, 0.05) is 11.9 Å². The molecule has 4 nitrogen and oxygen atoms in total. The van der Waals surface area contributed by atoms with Crippen LogP contribution in [0.4, 0.5) is 0 Å². The lowest BCUT2D eigenvalue weighted by molar-refractivity contribution is 0.0333. The van der Waals surface area contributed by atoms with Crippen LogP contribution in [0.25, 0.3) is 11.0 Å². The number of rotatable bonds is 4. The van der Waals surface area contributed by atoms with Crippen molar-refractivity contribution in [2.45, 2.75) is 38.6 Å². The number of nitrogens with zero attached hydrogens (tertiary/aromatic N) is 1. The first-order valence-corrected chi connectivity index (χ1v) is 7.96. The molecule has 4 heteroatoms. The normalized spacial score (nSPS) is 21.9. The molecule has 1 amide bonds. The Labute approximate surface area is 130 Å². The number of aliphatic hydroxyl groups excluding tert-OH is 1. The quantitative estimate of drug-likeness (QED) is 0.941. The second-order valence-corrected chi connectivity index (χ2v) is 6.69. The van der Waals surface area contributed by atoms with Crippen LogP contribution in [-0.2, 0) is 0 Å². The summed E-state index contributed by atoms with van der Waals surface area (Å²) in [7, 11) is 0. The van der Waals surface area contributed by atoms with Gasteiger partial charge in [0.15, 0.2) is 0 Å². The molecule has 1 aromatic carbocycles. The Morgan fingerprint density at radius 2 is 2.18 bits per heavy atom. The largest absolute Gasteiger partial charge is 0.463 e. The molecule has 0 aliphatic carbocycles. The maximum atomic E-state index is 13.0. The van der Waals surface area contributed by atoms with Gasteiger partial charge in [0.25, 0.3) is 5.91 Å². The zero-order valence-electron chi connectivity index (χ0n) is 13.2. The van der Waals surface area contributed by atoms with Crippen LogP contribution in [0.15, 0.2) is 34.9 Å². The molecule has 0 bridgehead atoms. The first kappa shape index (κ1) is 15.1. The van der Waals surface area contributed by atoms with Gasteiger partial charge in [-0.1, -0.05) is 32.0 Å². The lowest BCUT2D eigenvalue weighted by Crippen LogP contribution is -2.50. The second kappa shape index (κ2) is 5.76. The number of fused-ring (bicyclic) bond motifs is 1. The van der Waals surface area contributed by atoms with Gasteiger partial charge in [-0.2, -0.15) is 0 Å². The fourth-order valence-corrected chi connectivity index (χ4v) is 3.75. The fourth-order valence-electron chi connectivity index (χ4n) is 3.75. The van der Waals surface area contributed by atoms with Crippen LogP contribution in [0.2, 0.25) is 0 Å². The van der Waals surface area contributed by atoms with Crippen LogP contribution in [-0.4, -0.2) is 34.6 Å². The van der Waals surface area contributed by atoms with Crippen LogP contribution in [0.1, 0.15) is 43.5 Å². The van der Waals surface area contributed by atoms with Gasteiger partial charge >= 0.3 is 0 Å². The number of para-hydroxylation sites is 1. The lowest BCUT2D eigenvalue weighted by Gasteiger charge is -2.38. The topological polar surface area (TPSA) is 53.7 Å². The average molecular weight is 301 g/mol. The average Bonchev–Trinajstić information content (AvgIpc) is 3.10. The van der Waals surface area contributed by atoms with Crippen LogP contribution >= 0.6 is 0 Å². The summed E-state index contributed by atoms with van der Waals surface area (Å²) in [5, 5.41) is 10.8. The highest BCUT2D eigenvalue weighted by molar-refractivity contribution is 6.06. The summed E-state index contributed by atoms with van der Waals surface area (Å²) in [4.78, 5) is 14.9. The summed E-state index contributed by atoms with van der Waals surface area (Å²) >= 11 is 0. The summed E-state index contributed by atoms with van der Waals surface area (Å²) < 4.78 is 5.50. The van der Waals surface area contributed by atoms with E-state index in [0.29, 0.717) is 18.0 Å². The van der Waals surface area contributed by atoms with Crippen LogP contribution in [0, 0.1) is 5.92 Å². The molecular formula is C18H23NO3. The van der Waals surface area contributed by atoms with Crippen molar-refractivity contribution in [3.8, 4) is 0 Å². The van der Waals surface area contributed by atoms with Crippen molar-refractivity contribution >= 4 is 16.9 Å². The van der Waals surface area contributed by atoms with E-state index in [1.54, 1.807) is 6.26 Å². The predicted octanol–water partition coefficient (Wildman–Crippen LogP) is 3.45. The minimum Gasteiger partial charge on any atom is -0.463 e. The van der Waals surface area contributed by atoms with E-state index < -0.39 is 5.54 Å². The van der Waals surface area contributed by atoms with Crippen molar-refractivity contribution in [3.05, 3.63) is 36.1 Å². The van der Waals surface area contributed by atoms with E-state index in [-0.39, 0.29) is 12.5 Å². The minimum absolute atomic E-state index is 0.0205. The molecule has 1 aliphatic heterocycles. The Morgan fingerprint density at radius 1 is 1.41 bits per heavy atom. The summed E-state index contributed by atoms with van der Waals surface area (Å²) in [6, 6.07) is 7.58. The van der Waals surface area contributed by atoms with Crippen molar-refractivity contribution in [1.82, 2.24) is 4.90 Å². The Balaban J connectivity index is 1.96. The molecule has 0 unspecified atom stereocenters. The highest BCUT2D eigenvalue weighted by Gasteiger charge is 2.44. The Hall–Kier alpha value is -1.81. The van der Waals surface area contributed by atoms with E-state index in [0.717, 1.165) is 30.2 Å². The van der Waals surface area contributed by atoms with E-state index >= 15 is 0 Å². The third-order valence-electron chi connectivity index (χ3n) is 4.64. The van der Waals surface area contributed by atoms with Crippen molar-refractivity contribution in [2.24, 2.45) is 5.92 Å². The Morgan fingerprint density at radius 3 is 2.91 bits per heavy atom. The number of likely N-dealkylation sites (tertiary alicyclic amines) is 1. The Kier molecular flexibility index (Phi) is 3.96. The molecule has 0 saturated carbocycles. The molecule has 3 rings (SSSR count). The van der Waals surface area contributed by atoms with E-state index in [9.17, 15) is 9.90 Å². The molecule has 1 atom stereocenters. The zero-order chi connectivity index (χ0) is 15.7. The third-order valence-corrected chi connectivity index (χ3v) is 4.64.